The lowest BCUT2D eigenvalue weighted by Gasteiger charge is -2.36. The molecule has 0 amide bonds. The second kappa shape index (κ2) is 8.77. The highest BCUT2D eigenvalue weighted by atomic mass is 32.1. The van der Waals surface area contributed by atoms with Crippen LogP contribution >= 0.6 is 11.3 Å². The van der Waals surface area contributed by atoms with Crippen LogP contribution in [0.1, 0.15) is 57.4 Å². The number of hydrogen-bond acceptors (Lipinski definition) is 7. The molecule has 0 bridgehead atoms. The summed E-state index contributed by atoms with van der Waals surface area (Å²) in [6.07, 6.45) is 2.04. The minimum Gasteiger partial charge on any atom is -0.493 e. The van der Waals surface area contributed by atoms with Crippen LogP contribution in [0.25, 0.3) is 32.2 Å². The molecule has 0 aliphatic carbocycles. The highest BCUT2D eigenvalue weighted by Gasteiger charge is 2.33. The van der Waals surface area contributed by atoms with Crippen LogP contribution in [0.5, 0.6) is 5.75 Å². The van der Waals surface area contributed by atoms with E-state index >= 15 is 0 Å². The summed E-state index contributed by atoms with van der Waals surface area (Å²) in [5, 5.41) is 2.09. The standard InChI is InChI=1S/C30H33N3O3S/c1-16-14-33(15-16)29-32-21-13-17(2)23(27(18(3)34)36-30(4,5)6)25(28(21)37-29)20-7-8-22-24-19(10-12-35-22)9-11-31-26(20)24/h7-9,11,13,16,27H,10,12,14-15H2,1-6H3/t27-/m1/s1. The quantitative estimate of drug-likeness (QED) is 0.296. The van der Waals surface area contributed by atoms with Gasteiger partial charge in [0.05, 0.1) is 27.9 Å². The zero-order valence-corrected chi connectivity index (χ0v) is 23.2. The molecular weight excluding hydrogens is 482 g/mol. The van der Waals surface area contributed by atoms with Gasteiger partial charge in [-0.3, -0.25) is 9.78 Å². The van der Waals surface area contributed by atoms with Crippen LogP contribution in [0.15, 0.2) is 30.5 Å². The molecule has 7 heteroatoms. The van der Waals surface area contributed by atoms with Gasteiger partial charge < -0.3 is 14.4 Å². The van der Waals surface area contributed by atoms with Gasteiger partial charge in [-0.25, -0.2) is 4.98 Å². The Bertz CT molecular complexity index is 1540. The minimum atomic E-state index is -0.698. The molecule has 0 N–H and O–H groups in total. The van der Waals surface area contributed by atoms with Crippen LogP contribution in [0.3, 0.4) is 0 Å². The number of nitrogens with zero attached hydrogens (tertiary/aromatic N) is 3. The van der Waals surface area contributed by atoms with E-state index in [1.165, 1.54) is 5.56 Å². The largest absolute Gasteiger partial charge is 0.493 e. The number of ether oxygens (including phenoxy) is 2. The van der Waals surface area contributed by atoms with Crippen molar-refractivity contribution in [2.24, 2.45) is 5.92 Å². The number of hydrogen-bond donors (Lipinski definition) is 0. The van der Waals surface area contributed by atoms with Crippen molar-refractivity contribution in [1.82, 2.24) is 9.97 Å². The summed E-state index contributed by atoms with van der Waals surface area (Å²) in [6, 6.07) is 8.34. The maximum atomic E-state index is 13.1. The zero-order valence-electron chi connectivity index (χ0n) is 22.3. The van der Waals surface area contributed by atoms with Gasteiger partial charge in [-0.15, -0.1) is 0 Å². The van der Waals surface area contributed by atoms with Crippen molar-refractivity contribution < 1.29 is 14.3 Å². The Morgan fingerprint density at radius 1 is 1.24 bits per heavy atom. The molecule has 1 saturated heterocycles. The van der Waals surface area contributed by atoms with E-state index in [9.17, 15) is 4.79 Å². The number of aryl methyl sites for hydroxylation is 1. The SMILES string of the molecule is CC(=O)[C@@H](OC(C)(C)C)c1c(C)cc2nc(N3CC(C)C3)sc2c1-c1ccc2c3c(ccnc13)CCO2. The van der Waals surface area contributed by atoms with Crippen LogP contribution < -0.4 is 9.64 Å². The number of rotatable bonds is 5. The first-order chi connectivity index (χ1) is 17.6. The third-order valence-electron chi connectivity index (χ3n) is 7.19. The predicted octanol–water partition coefficient (Wildman–Crippen LogP) is 6.66. The lowest BCUT2D eigenvalue weighted by Crippen LogP contribution is -2.45. The van der Waals surface area contributed by atoms with Gasteiger partial charge in [-0.05, 0) is 75.9 Å². The number of carbonyl (C=O) groups is 1. The highest BCUT2D eigenvalue weighted by Crippen LogP contribution is 2.48. The molecule has 2 aromatic heterocycles. The molecular formula is C30H33N3O3S. The molecule has 0 spiro atoms. The fourth-order valence-electron chi connectivity index (χ4n) is 5.60. The molecule has 0 unspecified atom stereocenters. The normalized spacial score (nSPS) is 16.6. The molecule has 1 atom stereocenters. The second-order valence-corrected chi connectivity index (χ2v) is 12.4. The van der Waals surface area contributed by atoms with Crippen molar-refractivity contribution in [1.29, 1.82) is 0 Å². The number of thiazole rings is 1. The number of fused-ring (bicyclic) bond motifs is 1. The Labute approximate surface area is 221 Å². The van der Waals surface area contributed by atoms with E-state index in [1.807, 2.05) is 33.0 Å². The summed E-state index contributed by atoms with van der Waals surface area (Å²) < 4.78 is 13.5. The summed E-state index contributed by atoms with van der Waals surface area (Å²) in [5.74, 6) is 1.53. The fourth-order valence-corrected chi connectivity index (χ4v) is 6.73. The molecule has 2 aliphatic rings. The second-order valence-electron chi connectivity index (χ2n) is 11.5. The summed E-state index contributed by atoms with van der Waals surface area (Å²) in [5.41, 5.74) is 6.49. The van der Waals surface area contributed by atoms with E-state index in [0.717, 1.165) is 73.8 Å². The number of pyridine rings is 1. The molecule has 6 nitrogen and oxygen atoms in total. The Morgan fingerprint density at radius 3 is 2.73 bits per heavy atom. The van der Waals surface area contributed by atoms with Gasteiger partial charge in [-0.2, -0.15) is 0 Å². The zero-order chi connectivity index (χ0) is 26.1. The van der Waals surface area contributed by atoms with E-state index in [0.29, 0.717) is 12.5 Å². The number of Topliss-reactive ketones (excluding diaryl/α,β-unsaturated/α-hetero) is 1. The van der Waals surface area contributed by atoms with Gasteiger partial charge in [0.1, 0.15) is 11.9 Å². The summed E-state index contributed by atoms with van der Waals surface area (Å²) in [6.45, 7) is 14.6. The Kier molecular flexibility index (Phi) is 5.77. The summed E-state index contributed by atoms with van der Waals surface area (Å²) >= 11 is 1.70. The predicted molar refractivity (Wildman–Crippen MR) is 150 cm³/mol. The highest BCUT2D eigenvalue weighted by molar-refractivity contribution is 7.22. The molecule has 37 heavy (non-hydrogen) atoms. The van der Waals surface area contributed by atoms with E-state index in [2.05, 4.69) is 36.9 Å². The van der Waals surface area contributed by atoms with E-state index in [-0.39, 0.29) is 5.78 Å². The lowest BCUT2D eigenvalue weighted by atomic mass is 9.88. The maximum Gasteiger partial charge on any atom is 0.186 e. The molecule has 4 heterocycles. The van der Waals surface area contributed by atoms with Crippen LogP contribution in [0.2, 0.25) is 0 Å². The molecule has 2 aliphatic heterocycles. The Hall–Kier alpha value is -3.03. The summed E-state index contributed by atoms with van der Waals surface area (Å²) in [7, 11) is 0. The van der Waals surface area contributed by atoms with Crippen molar-refractivity contribution in [3.05, 3.63) is 47.2 Å². The average molecular weight is 516 g/mol. The molecule has 192 valence electrons. The third-order valence-corrected chi connectivity index (χ3v) is 8.34. The molecule has 6 rings (SSSR count). The van der Waals surface area contributed by atoms with E-state index < -0.39 is 11.7 Å². The lowest BCUT2D eigenvalue weighted by molar-refractivity contribution is -0.138. The average Bonchev–Trinajstić information content (AvgIpc) is 3.23. The van der Waals surface area contributed by atoms with Crippen LogP contribution in [-0.2, 0) is 16.0 Å². The first kappa shape index (κ1) is 24.3. The van der Waals surface area contributed by atoms with E-state index in [4.69, 9.17) is 19.4 Å². The molecule has 4 aromatic rings. The monoisotopic (exact) mass is 515 g/mol. The van der Waals surface area contributed by atoms with Gasteiger partial charge in [0.2, 0.25) is 0 Å². The molecule has 1 fully saturated rings. The van der Waals surface area contributed by atoms with Crippen LogP contribution in [0, 0.1) is 12.8 Å². The number of anilines is 1. The number of benzene rings is 2. The number of carbonyl (C=O) groups excluding carboxylic acids is 1. The van der Waals surface area contributed by atoms with E-state index in [1.54, 1.807) is 18.3 Å². The first-order valence-electron chi connectivity index (χ1n) is 13.0. The summed E-state index contributed by atoms with van der Waals surface area (Å²) in [4.78, 5) is 25.4. The maximum absolute atomic E-state index is 13.1. The molecule has 0 saturated carbocycles. The topological polar surface area (TPSA) is 64.5 Å². The Balaban J connectivity index is 1.68. The van der Waals surface area contributed by atoms with Crippen LogP contribution in [-0.4, -0.2) is 41.0 Å². The molecule has 0 radical (unpaired) electrons. The van der Waals surface area contributed by atoms with Gasteiger partial charge >= 0.3 is 0 Å². The smallest absolute Gasteiger partial charge is 0.186 e. The Morgan fingerprint density at radius 2 is 2.03 bits per heavy atom. The van der Waals surface area contributed by atoms with Gasteiger partial charge in [0.15, 0.2) is 10.9 Å². The van der Waals surface area contributed by atoms with Crippen molar-refractivity contribution in [3.8, 4) is 16.9 Å². The van der Waals surface area contributed by atoms with Crippen molar-refractivity contribution >= 4 is 43.4 Å². The molecule has 2 aromatic carbocycles. The fraction of sp³-hybridized carbons (Fsp3) is 0.433. The van der Waals surface area contributed by atoms with Crippen molar-refractivity contribution in [2.75, 3.05) is 24.6 Å². The van der Waals surface area contributed by atoms with Gasteiger partial charge in [-0.1, -0.05) is 18.3 Å². The minimum absolute atomic E-state index is 0.0149. The van der Waals surface area contributed by atoms with Crippen LogP contribution in [0.4, 0.5) is 5.13 Å². The third kappa shape index (κ3) is 4.18. The number of ketones is 1. The number of aromatic nitrogens is 2. The first-order valence-corrected chi connectivity index (χ1v) is 13.8. The van der Waals surface area contributed by atoms with Gasteiger partial charge in [0.25, 0.3) is 0 Å². The van der Waals surface area contributed by atoms with Crippen molar-refractivity contribution in [2.45, 2.75) is 59.7 Å². The van der Waals surface area contributed by atoms with Gasteiger partial charge in [0, 0.05) is 47.8 Å². The van der Waals surface area contributed by atoms with Crippen molar-refractivity contribution in [3.63, 3.8) is 0 Å².